The van der Waals surface area contributed by atoms with Crippen LogP contribution < -0.4 is 0 Å². The predicted molar refractivity (Wildman–Crippen MR) is 73.0 cm³/mol. The number of hydrogen-bond acceptors (Lipinski definition) is 4. The predicted octanol–water partition coefficient (Wildman–Crippen LogP) is 3.32. The summed E-state index contributed by atoms with van der Waals surface area (Å²) in [5, 5.41) is -0.450. The molecule has 1 atom stereocenters. The smallest absolute Gasteiger partial charge is 0.170 e. The Kier molecular flexibility index (Phi) is 4.19. The van der Waals surface area contributed by atoms with Gasteiger partial charge in [-0.05, 0) is 12.1 Å². The highest BCUT2D eigenvalue weighted by molar-refractivity contribution is 7.84. The van der Waals surface area contributed by atoms with Gasteiger partial charge in [-0.25, -0.2) is 18.7 Å². The van der Waals surface area contributed by atoms with Crippen molar-refractivity contribution >= 4 is 25.3 Å². The van der Waals surface area contributed by atoms with E-state index < -0.39 is 16.9 Å². The topological polar surface area (TPSA) is 25.8 Å². The lowest BCUT2D eigenvalue weighted by molar-refractivity contribution is 0.501. The van der Waals surface area contributed by atoms with Crippen molar-refractivity contribution in [1.29, 1.82) is 0 Å². The molecule has 1 heterocycles. The number of aromatic nitrogens is 2. The van der Waals surface area contributed by atoms with Crippen molar-refractivity contribution in [2.75, 3.05) is 5.75 Å². The first-order valence-corrected chi connectivity index (χ1v) is 6.34. The zero-order valence-corrected chi connectivity index (χ0v) is 11.0. The van der Waals surface area contributed by atoms with E-state index in [9.17, 15) is 8.78 Å². The van der Waals surface area contributed by atoms with Gasteiger partial charge >= 0.3 is 0 Å². The van der Waals surface area contributed by atoms with Gasteiger partial charge in [0, 0.05) is 29.0 Å². The SMILES string of the molecule is Fc1c(-c2ncccn2)ccc(C(S)CS)c1F. The van der Waals surface area contributed by atoms with Gasteiger partial charge in [-0.2, -0.15) is 25.3 Å². The van der Waals surface area contributed by atoms with E-state index in [1.165, 1.54) is 24.5 Å². The minimum atomic E-state index is -0.959. The quantitative estimate of drug-likeness (QED) is 0.846. The summed E-state index contributed by atoms with van der Waals surface area (Å²) >= 11 is 8.16. The summed E-state index contributed by atoms with van der Waals surface area (Å²) in [6.07, 6.45) is 2.95. The number of nitrogens with zero attached hydrogens (tertiary/aromatic N) is 2. The van der Waals surface area contributed by atoms with Gasteiger partial charge in [0.15, 0.2) is 17.5 Å². The molecule has 1 aromatic heterocycles. The van der Waals surface area contributed by atoms with Crippen LogP contribution in [0, 0.1) is 11.6 Å². The highest BCUT2D eigenvalue weighted by atomic mass is 32.1. The van der Waals surface area contributed by atoms with Crippen LogP contribution in [0.2, 0.25) is 0 Å². The second-order valence-corrected chi connectivity index (χ2v) is 4.59. The molecule has 0 bridgehead atoms. The van der Waals surface area contributed by atoms with Crippen molar-refractivity contribution in [3.05, 3.63) is 47.8 Å². The Morgan fingerprint density at radius 1 is 1.11 bits per heavy atom. The molecule has 0 radical (unpaired) electrons. The molecule has 0 N–H and O–H groups in total. The van der Waals surface area contributed by atoms with Gasteiger partial charge in [0.05, 0.1) is 5.56 Å². The molecule has 0 amide bonds. The molecule has 0 aliphatic rings. The van der Waals surface area contributed by atoms with Crippen molar-refractivity contribution in [2.24, 2.45) is 0 Å². The van der Waals surface area contributed by atoms with Crippen LogP contribution in [-0.2, 0) is 0 Å². The van der Waals surface area contributed by atoms with Crippen LogP contribution in [0.25, 0.3) is 11.4 Å². The van der Waals surface area contributed by atoms with Gasteiger partial charge in [0.1, 0.15) is 0 Å². The monoisotopic (exact) mass is 284 g/mol. The van der Waals surface area contributed by atoms with E-state index in [0.717, 1.165) is 0 Å². The number of rotatable bonds is 3. The number of halogens is 2. The summed E-state index contributed by atoms with van der Waals surface area (Å²) in [6, 6.07) is 4.55. The van der Waals surface area contributed by atoms with Crippen molar-refractivity contribution in [3.8, 4) is 11.4 Å². The van der Waals surface area contributed by atoms with E-state index in [0.29, 0.717) is 5.75 Å². The first-order valence-electron chi connectivity index (χ1n) is 5.19. The Balaban J connectivity index is 2.51. The van der Waals surface area contributed by atoms with Gasteiger partial charge in [-0.3, -0.25) is 0 Å². The molecular weight excluding hydrogens is 274 g/mol. The molecule has 2 nitrogen and oxygen atoms in total. The highest BCUT2D eigenvalue weighted by Crippen LogP contribution is 2.29. The van der Waals surface area contributed by atoms with Gasteiger partial charge in [0.25, 0.3) is 0 Å². The Morgan fingerprint density at radius 3 is 2.39 bits per heavy atom. The average Bonchev–Trinajstić information content (AvgIpc) is 2.42. The summed E-state index contributed by atoms with van der Waals surface area (Å²) in [5.41, 5.74) is 0.224. The van der Waals surface area contributed by atoms with E-state index in [1.807, 2.05) is 0 Å². The van der Waals surface area contributed by atoms with E-state index in [1.54, 1.807) is 6.07 Å². The molecule has 0 saturated carbocycles. The summed E-state index contributed by atoms with van der Waals surface area (Å²) in [5.74, 6) is -1.41. The molecule has 2 aromatic rings. The number of thiol groups is 2. The van der Waals surface area contributed by atoms with E-state index >= 15 is 0 Å². The fraction of sp³-hybridized carbons (Fsp3) is 0.167. The summed E-state index contributed by atoms with van der Waals surface area (Å²) in [4.78, 5) is 7.79. The molecule has 94 valence electrons. The van der Waals surface area contributed by atoms with Crippen molar-refractivity contribution in [2.45, 2.75) is 5.25 Å². The van der Waals surface area contributed by atoms with Crippen LogP contribution in [0.4, 0.5) is 8.78 Å². The van der Waals surface area contributed by atoms with Crippen molar-refractivity contribution < 1.29 is 8.78 Å². The largest absolute Gasteiger partial charge is 0.236 e. The normalized spacial score (nSPS) is 12.4. The minimum absolute atomic E-state index is 0.0385. The fourth-order valence-corrected chi connectivity index (χ4v) is 1.93. The third-order valence-electron chi connectivity index (χ3n) is 2.45. The van der Waals surface area contributed by atoms with Crippen molar-refractivity contribution in [1.82, 2.24) is 9.97 Å². The van der Waals surface area contributed by atoms with Crippen LogP contribution in [-0.4, -0.2) is 15.7 Å². The van der Waals surface area contributed by atoms with Crippen LogP contribution in [0.5, 0.6) is 0 Å². The maximum Gasteiger partial charge on any atom is 0.170 e. The molecule has 0 saturated heterocycles. The third-order valence-corrected chi connectivity index (χ3v) is 3.56. The average molecular weight is 284 g/mol. The Morgan fingerprint density at radius 2 is 1.78 bits per heavy atom. The van der Waals surface area contributed by atoms with Gasteiger partial charge < -0.3 is 0 Å². The Hall–Kier alpha value is -1.14. The molecular formula is C12H10F2N2S2. The maximum atomic E-state index is 13.9. The first kappa shape index (κ1) is 13.3. The van der Waals surface area contributed by atoms with Gasteiger partial charge in [-0.15, -0.1) is 0 Å². The lowest BCUT2D eigenvalue weighted by atomic mass is 10.1. The summed E-state index contributed by atoms with van der Waals surface area (Å²) in [6.45, 7) is 0. The molecule has 2 rings (SSSR count). The number of hydrogen-bond donors (Lipinski definition) is 2. The lowest BCUT2D eigenvalue weighted by Gasteiger charge is -2.11. The highest BCUT2D eigenvalue weighted by Gasteiger charge is 2.19. The second kappa shape index (κ2) is 5.67. The molecule has 1 aromatic carbocycles. The molecule has 0 fully saturated rings. The maximum absolute atomic E-state index is 13.9. The zero-order chi connectivity index (χ0) is 13.1. The van der Waals surface area contributed by atoms with Gasteiger partial charge in [-0.1, -0.05) is 6.07 Å². The zero-order valence-electron chi connectivity index (χ0n) is 9.22. The van der Waals surface area contributed by atoms with Crippen LogP contribution in [0.15, 0.2) is 30.6 Å². The molecule has 6 heteroatoms. The molecule has 0 aliphatic heterocycles. The molecule has 18 heavy (non-hydrogen) atoms. The second-order valence-electron chi connectivity index (χ2n) is 3.60. The van der Waals surface area contributed by atoms with E-state index in [2.05, 4.69) is 35.2 Å². The van der Waals surface area contributed by atoms with Crippen LogP contribution >= 0.6 is 25.3 Å². The van der Waals surface area contributed by atoms with E-state index in [-0.39, 0.29) is 17.0 Å². The van der Waals surface area contributed by atoms with Gasteiger partial charge in [0.2, 0.25) is 0 Å². The first-order chi connectivity index (χ1) is 8.65. The fourth-order valence-electron chi connectivity index (χ4n) is 1.53. The standard InChI is InChI=1S/C12H10F2N2S2/c13-10-7(9(18)6-17)2-3-8(11(10)14)12-15-4-1-5-16-12/h1-5,9,17-18H,6H2. The Labute approximate surface area is 114 Å². The van der Waals surface area contributed by atoms with E-state index in [4.69, 9.17) is 0 Å². The van der Waals surface area contributed by atoms with Crippen LogP contribution in [0.1, 0.15) is 10.8 Å². The molecule has 0 spiro atoms. The molecule has 1 unspecified atom stereocenters. The number of benzene rings is 1. The summed E-state index contributed by atoms with van der Waals surface area (Å²) < 4.78 is 27.8. The third kappa shape index (κ3) is 2.49. The van der Waals surface area contributed by atoms with Crippen LogP contribution in [0.3, 0.4) is 0 Å². The Bertz CT molecular complexity index is 549. The lowest BCUT2D eigenvalue weighted by Crippen LogP contribution is -2.02. The van der Waals surface area contributed by atoms with Crippen molar-refractivity contribution in [3.63, 3.8) is 0 Å². The molecule has 0 aliphatic carbocycles. The minimum Gasteiger partial charge on any atom is -0.236 e. The summed E-state index contributed by atoms with van der Waals surface area (Å²) in [7, 11) is 0.